The van der Waals surface area contributed by atoms with Gasteiger partial charge >= 0.3 is 11.9 Å². The molecule has 4 amide bonds. The Kier molecular flexibility index (Phi) is 34.9. The highest BCUT2D eigenvalue weighted by Crippen LogP contribution is 2.42. The van der Waals surface area contributed by atoms with E-state index in [1.54, 1.807) is 6.08 Å². The number of aliphatic hydroxyl groups excluding tert-OH is 16. The predicted molar refractivity (Wildman–Crippen MR) is 329 cm³/mol. The van der Waals surface area contributed by atoms with Crippen LogP contribution in [-0.2, 0) is 76.1 Å². The van der Waals surface area contributed by atoms with Gasteiger partial charge in [0.1, 0.15) is 110 Å². The summed E-state index contributed by atoms with van der Waals surface area (Å²) in [5, 5.41) is 209. The Bertz CT molecular complexity index is 2520. The number of carboxylic acids is 2. The Balaban J connectivity index is 1.48. The number of unbranched alkanes of at least 4 members (excludes halogenated alkanes) is 11. The first-order chi connectivity index (χ1) is 46.9. The van der Waals surface area contributed by atoms with Crippen molar-refractivity contribution in [2.75, 3.05) is 39.6 Å². The lowest BCUT2D eigenvalue weighted by Crippen LogP contribution is -2.72. The first-order valence-corrected chi connectivity index (χ1v) is 33.2. The predicted octanol–water partition coefficient (Wildman–Crippen LogP) is -8.32. The first kappa shape index (κ1) is 85.2. The van der Waals surface area contributed by atoms with Gasteiger partial charge in [0.2, 0.25) is 24.1 Å². The summed E-state index contributed by atoms with van der Waals surface area (Å²) < 4.78 is 58.9. The molecule has 5 rings (SSSR count). The van der Waals surface area contributed by atoms with E-state index in [2.05, 4.69) is 28.2 Å². The van der Waals surface area contributed by atoms with Gasteiger partial charge in [0, 0.05) is 33.6 Å². The van der Waals surface area contributed by atoms with Crippen LogP contribution in [0.15, 0.2) is 12.2 Å². The number of nitrogens with one attached hydrogen (secondary N) is 4. The van der Waals surface area contributed by atoms with Gasteiger partial charge in [0.15, 0.2) is 18.9 Å². The third-order valence-corrected chi connectivity index (χ3v) is 17.9. The molecule has 0 aromatic rings. The molecule has 99 heavy (non-hydrogen) atoms. The van der Waals surface area contributed by atoms with Crippen LogP contribution in [0.2, 0.25) is 0 Å². The lowest BCUT2D eigenvalue weighted by atomic mass is 9.87. The molecule has 29 unspecified atom stereocenters. The molecule has 22 N–H and O–H groups in total. The molecule has 29 atom stereocenters. The van der Waals surface area contributed by atoms with Gasteiger partial charge in [0.25, 0.3) is 11.6 Å². The van der Waals surface area contributed by atoms with Gasteiger partial charge in [-0.2, -0.15) is 0 Å². The molecule has 5 aliphatic rings. The number of aliphatic carboxylic acids is 2. The van der Waals surface area contributed by atoms with Crippen molar-refractivity contribution >= 4 is 36.1 Å². The number of rotatable bonds is 41. The molecule has 0 aromatic heterocycles. The van der Waals surface area contributed by atoms with E-state index in [-0.39, 0.29) is 6.41 Å². The molecule has 572 valence electrons. The summed E-state index contributed by atoms with van der Waals surface area (Å²) in [5.41, 5.74) is 0. The lowest BCUT2D eigenvalue weighted by molar-refractivity contribution is -0.402. The van der Waals surface area contributed by atoms with Gasteiger partial charge in [-0.15, -0.1) is 0 Å². The average Bonchev–Trinajstić information content (AvgIpc) is 0.763. The zero-order valence-corrected chi connectivity index (χ0v) is 55.5. The van der Waals surface area contributed by atoms with E-state index in [4.69, 9.17) is 47.4 Å². The number of amides is 4. The van der Waals surface area contributed by atoms with Crippen LogP contribution in [0.25, 0.3) is 0 Å². The highest BCUT2D eigenvalue weighted by Gasteiger charge is 2.63. The van der Waals surface area contributed by atoms with Gasteiger partial charge in [0.05, 0.1) is 76.1 Å². The van der Waals surface area contributed by atoms with Crippen LogP contribution in [-0.4, -0.2) is 344 Å². The molecule has 38 nitrogen and oxygen atoms in total. The molecular weight excluding hydrogens is 1330 g/mol. The van der Waals surface area contributed by atoms with E-state index in [0.717, 1.165) is 52.9 Å². The van der Waals surface area contributed by atoms with Gasteiger partial charge < -0.3 is 161 Å². The van der Waals surface area contributed by atoms with Gasteiger partial charge in [-0.05, 0) is 12.8 Å². The minimum Gasteiger partial charge on any atom is -0.477 e. The number of carbonyl (C=O) groups excluding carboxylic acids is 4. The van der Waals surface area contributed by atoms with Crippen LogP contribution in [0.5, 0.6) is 0 Å². The summed E-state index contributed by atoms with van der Waals surface area (Å²) in [4.78, 5) is 76.5. The minimum absolute atomic E-state index is 0.284. The monoisotopic (exact) mass is 1440 g/mol. The van der Waals surface area contributed by atoms with E-state index in [1.807, 2.05) is 0 Å². The molecule has 0 saturated carbocycles. The largest absolute Gasteiger partial charge is 0.477 e. The maximum absolute atomic E-state index is 14.0. The second-order valence-corrected chi connectivity index (χ2v) is 25.5. The van der Waals surface area contributed by atoms with Crippen LogP contribution in [0.4, 0.5) is 0 Å². The Morgan fingerprint density at radius 2 is 1.03 bits per heavy atom. The molecular formula is C61H104N4O34. The molecule has 5 aliphatic heterocycles. The fourth-order valence-corrected chi connectivity index (χ4v) is 12.6. The van der Waals surface area contributed by atoms with Crippen molar-refractivity contribution in [2.24, 2.45) is 0 Å². The smallest absolute Gasteiger partial charge is 0.364 e. The molecule has 5 saturated heterocycles. The van der Waals surface area contributed by atoms with Gasteiger partial charge in [-0.1, -0.05) is 83.3 Å². The van der Waals surface area contributed by atoms with Gasteiger partial charge in [-0.25, -0.2) is 9.59 Å². The molecule has 0 spiro atoms. The third-order valence-electron chi connectivity index (χ3n) is 17.9. The van der Waals surface area contributed by atoms with E-state index >= 15 is 0 Å². The first-order valence-electron chi connectivity index (χ1n) is 33.2. The fourth-order valence-electron chi connectivity index (χ4n) is 12.6. The molecule has 5 fully saturated rings. The van der Waals surface area contributed by atoms with Crippen molar-refractivity contribution < 1.29 is 168 Å². The maximum Gasteiger partial charge on any atom is 0.364 e. The lowest BCUT2D eigenvalue weighted by Gasteiger charge is -2.52. The summed E-state index contributed by atoms with van der Waals surface area (Å²) in [6.07, 6.45) is -36.1. The Hall–Kier alpha value is -4.48. The SMILES string of the molecule is CCCCCCCCCCCCCC=CC(O)C(COC1OC(CO)C(OC2OC(CO)C(OC3OC(CO)C(O)C(O)C3NC(C)=O)C(OC3(C(=O)O)CC(O)C(NC(C)=O)C(C(O)C(CO)OC4(C(=O)O)CC(O)C(NC(C)=O)C(C(O)C(O)CO)O4)O3)C2O)C(O)C1O)NC=O. The zero-order valence-electron chi connectivity index (χ0n) is 55.5. The van der Waals surface area contributed by atoms with Crippen molar-refractivity contribution in [1.29, 1.82) is 0 Å². The molecule has 0 aromatic carbocycles. The standard InChI is InChI=1S/C61H104N4O34/c1-5-6-7-8-9-10-11-12-13-14-15-16-17-18-32(75)31(62-27-71)26-90-56-48(84)47(83)50(38(24-69)92-56)94-57-49(85)54(51(39(25-70)93-57)95-55-42(65-30(4)74)46(82)44(80)36(22-67)91-55)99-61(59(88)89)20-34(77)41(64-29(3)73)53(98-61)45(81)37(23-68)96-60(58(86)87)19-33(76)40(63-28(2)72)52(97-60)43(79)35(78)21-66/h17-18,27,31-57,66-70,75-85H,5-16,19-26H2,1-4H3,(H,62,71)(H,63,72)(H,64,73)(H,65,74)(H,86,87)(H,88,89). The fraction of sp³-hybridized carbons (Fsp3) is 0.869. The van der Waals surface area contributed by atoms with Crippen LogP contribution in [0.3, 0.4) is 0 Å². The van der Waals surface area contributed by atoms with Crippen LogP contribution >= 0.6 is 0 Å². The zero-order chi connectivity index (χ0) is 73.6. The normalized spacial score (nSPS) is 36.9. The van der Waals surface area contributed by atoms with Crippen molar-refractivity contribution in [1.82, 2.24) is 21.3 Å². The van der Waals surface area contributed by atoms with Crippen LogP contribution in [0, 0.1) is 0 Å². The van der Waals surface area contributed by atoms with Gasteiger partial charge in [-0.3, -0.25) is 19.2 Å². The maximum atomic E-state index is 14.0. The van der Waals surface area contributed by atoms with Crippen molar-refractivity contribution in [3.63, 3.8) is 0 Å². The summed E-state index contributed by atoms with van der Waals surface area (Å²) >= 11 is 0. The Morgan fingerprint density at radius 1 is 0.545 bits per heavy atom. The third kappa shape index (κ3) is 22.5. The van der Waals surface area contributed by atoms with Crippen molar-refractivity contribution in [3.05, 3.63) is 12.2 Å². The van der Waals surface area contributed by atoms with E-state index in [0.29, 0.717) is 6.42 Å². The Morgan fingerprint density at radius 3 is 1.55 bits per heavy atom. The summed E-state index contributed by atoms with van der Waals surface area (Å²) in [7, 11) is 0. The highest BCUT2D eigenvalue weighted by molar-refractivity contribution is 5.77. The Labute approximate surface area is 570 Å². The quantitative estimate of drug-likeness (QED) is 0.0154. The number of aliphatic hydroxyl groups is 16. The number of carboxylic acid groups (broad SMARTS) is 2. The van der Waals surface area contributed by atoms with E-state index in [9.17, 15) is 121 Å². The average molecular weight is 1440 g/mol. The second-order valence-electron chi connectivity index (χ2n) is 25.5. The summed E-state index contributed by atoms with van der Waals surface area (Å²) in [6, 6.07) is -6.81. The molecule has 0 radical (unpaired) electrons. The summed E-state index contributed by atoms with van der Waals surface area (Å²) in [6.45, 7) is -1.76. The number of allylic oxidation sites excluding steroid dienone is 1. The number of ether oxygens (including phenoxy) is 10. The minimum atomic E-state index is -3.58. The second kappa shape index (κ2) is 40.5. The number of carbonyl (C=O) groups is 6. The molecule has 0 bridgehead atoms. The summed E-state index contributed by atoms with van der Waals surface area (Å²) in [5.74, 6) is -14.2. The molecule has 5 heterocycles. The molecule has 38 heteroatoms. The number of hydrogen-bond acceptors (Lipinski definition) is 32. The van der Waals surface area contributed by atoms with Crippen molar-refractivity contribution in [3.8, 4) is 0 Å². The highest BCUT2D eigenvalue weighted by atomic mass is 16.8. The van der Waals surface area contributed by atoms with Crippen LogP contribution < -0.4 is 21.3 Å². The van der Waals surface area contributed by atoms with Crippen molar-refractivity contribution in [2.45, 2.75) is 294 Å². The topological polar surface area (TPSA) is 607 Å². The number of hydrogen-bond donors (Lipinski definition) is 22. The molecule has 0 aliphatic carbocycles. The van der Waals surface area contributed by atoms with Crippen LogP contribution in [0.1, 0.15) is 118 Å². The van der Waals surface area contributed by atoms with E-state index in [1.165, 1.54) is 44.6 Å². The van der Waals surface area contributed by atoms with E-state index < -0.39 is 259 Å².